The van der Waals surface area contributed by atoms with Gasteiger partial charge < -0.3 is 5.73 Å². The highest BCUT2D eigenvalue weighted by Gasteiger charge is 2.10. The Bertz CT molecular complexity index is 564. The van der Waals surface area contributed by atoms with Crippen LogP contribution >= 0.6 is 0 Å². The summed E-state index contributed by atoms with van der Waals surface area (Å²) in [5.41, 5.74) is 5.78. The lowest BCUT2D eigenvalue weighted by Gasteiger charge is -2.02. The summed E-state index contributed by atoms with van der Waals surface area (Å²) in [4.78, 5) is 11.9. The highest BCUT2D eigenvalue weighted by molar-refractivity contribution is 6.09. The molecule has 0 aliphatic carbocycles. The molecule has 2 aromatic rings. The molecule has 2 N–H and O–H groups in total. The summed E-state index contributed by atoms with van der Waals surface area (Å²) in [5.74, 6) is -1.44. The average molecular weight is 233 g/mol. The van der Waals surface area contributed by atoms with Crippen LogP contribution in [0.3, 0.4) is 0 Å². The number of halogens is 2. The van der Waals surface area contributed by atoms with Gasteiger partial charge in [-0.25, -0.2) is 8.78 Å². The largest absolute Gasteiger partial charge is 0.396 e. The maximum atomic E-state index is 13.2. The zero-order valence-corrected chi connectivity index (χ0v) is 8.78. The van der Waals surface area contributed by atoms with Gasteiger partial charge in [0.1, 0.15) is 11.6 Å². The molecule has 0 spiro atoms. The van der Waals surface area contributed by atoms with Crippen LogP contribution in [0.1, 0.15) is 15.9 Å². The van der Waals surface area contributed by atoms with Crippen LogP contribution < -0.4 is 5.73 Å². The molecule has 2 nitrogen and oxygen atoms in total. The molecule has 86 valence electrons. The summed E-state index contributed by atoms with van der Waals surface area (Å²) in [6, 6.07) is 8.90. The molecule has 0 amide bonds. The number of carbonyl (C=O) groups is 1. The first-order chi connectivity index (χ1) is 8.08. The van der Waals surface area contributed by atoms with Gasteiger partial charge in [-0.15, -0.1) is 0 Å². The molecule has 0 fully saturated rings. The number of carbonyl (C=O) groups excluding carboxylic acids is 1. The van der Waals surface area contributed by atoms with Gasteiger partial charge in [0.15, 0.2) is 5.78 Å². The molecule has 0 bridgehead atoms. The van der Waals surface area contributed by atoms with E-state index in [-0.39, 0.29) is 17.0 Å². The van der Waals surface area contributed by atoms with E-state index in [0.29, 0.717) is 5.56 Å². The third-order valence-electron chi connectivity index (χ3n) is 2.37. The summed E-state index contributed by atoms with van der Waals surface area (Å²) in [5, 5.41) is 0. The molecule has 0 unspecified atom stereocenters. The van der Waals surface area contributed by atoms with Gasteiger partial charge in [-0.2, -0.15) is 0 Å². The van der Waals surface area contributed by atoms with Crippen molar-refractivity contribution in [3.63, 3.8) is 0 Å². The van der Waals surface area contributed by atoms with E-state index in [2.05, 4.69) is 0 Å². The maximum Gasteiger partial charge on any atom is 0.193 e. The predicted octanol–water partition coefficient (Wildman–Crippen LogP) is 2.78. The number of anilines is 1. The molecule has 2 rings (SSSR count). The molecule has 17 heavy (non-hydrogen) atoms. The van der Waals surface area contributed by atoms with Crippen LogP contribution in [-0.4, -0.2) is 5.78 Å². The van der Waals surface area contributed by atoms with E-state index >= 15 is 0 Å². The lowest BCUT2D eigenvalue weighted by atomic mass is 10.0. The van der Waals surface area contributed by atoms with Crippen LogP contribution in [-0.2, 0) is 0 Å². The van der Waals surface area contributed by atoms with Crippen molar-refractivity contribution in [2.75, 3.05) is 5.73 Å². The lowest BCUT2D eigenvalue weighted by molar-refractivity contribution is 0.103. The summed E-state index contributed by atoms with van der Waals surface area (Å²) >= 11 is 0. The van der Waals surface area contributed by atoms with Crippen molar-refractivity contribution in [3.8, 4) is 0 Å². The van der Waals surface area contributed by atoms with Crippen LogP contribution in [0, 0.1) is 11.6 Å². The van der Waals surface area contributed by atoms with Gasteiger partial charge in [0.05, 0.1) is 5.69 Å². The second-order valence-electron chi connectivity index (χ2n) is 3.57. The summed E-state index contributed by atoms with van der Waals surface area (Å²) < 4.78 is 25.9. The van der Waals surface area contributed by atoms with Crippen molar-refractivity contribution in [1.82, 2.24) is 0 Å². The number of hydrogen-bond donors (Lipinski definition) is 1. The van der Waals surface area contributed by atoms with Crippen molar-refractivity contribution < 1.29 is 13.6 Å². The van der Waals surface area contributed by atoms with E-state index in [1.807, 2.05) is 0 Å². The van der Waals surface area contributed by atoms with Crippen molar-refractivity contribution in [3.05, 3.63) is 65.2 Å². The lowest BCUT2D eigenvalue weighted by Crippen LogP contribution is -2.03. The maximum absolute atomic E-state index is 13.2. The van der Waals surface area contributed by atoms with Gasteiger partial charge in [-0.3, -0.25) is 4.79 Å². The van der Waals surface area contributed by atoms with E-state index in [1.165, 1.54) is 36.4 Å². The van der Waals surface area contributed by atoms with Crippen molar-refractivity contribution in [1.29, 1.82) is 0 Å². The second kappa shape index (κ2) is 4.33. The SMILES string of the molecule is Nc1ccc(C(=O)c2ccc(F)cc2)cc1F. The van der Waals surface area contributed by atoms with E-state index in [4.69, 9.17) is 5.73 Å². The van der Waals surface area contributed by atoms with E-state index < -0.39 is 11.6 Å². The Labute approximate surface area is 96.7 Å². The Balaban J connectivity index is 2.37. The third kappa shape index (κ3) is 2.30. The molecular formula is C13H9F2NO. The van der Waals surface area contributed by atoms with Gasteiger partial charge >= 0.3 is 0 Å². The average Bonchev–Trinajstić information content (AvgIpc) is 2.33. The standard InChI is InChI=1S/C13H9F2NO/c14-10-4-1-8(2-5-10)13(17)9-3-6-12(16)11(15)7-9/h1-7H,16H2. The normalized spacial score (nSPS) is 10.2. The number of hydrogen-bond acceptors (Lipinski definition) is 2. The summed E-state index contributed by atoms with van der Waals surface area (Å²) in [6.45, 7) is 0. The monoisotopic (exact) mass is 233 g/mol. The highest BCUT2D eigenvalue weighted by atomic mass is 19.1. The molecule has 0 aromatic heterocycles. The smallest absolute Gasteiger partial charge is 0.193 e. The minimum absolute atomic E-state index is 0.0133. The fourth-order valence-electron chi connectivity index (χ4n) is 1.44. The number of nitrogens with two attached hydrogens (primary N) is 1. The second-order valence-corrected chi connectivity index (χ2v) is 3.57. The van der Waals surface area contributed by atoms with Gasteiger partial charge in [0, 0.05) is 11.1 Å². The molecule has 0 heterocycles. The van der Waals surface area contributed by atoms with Gasteiger partial charge in [-0.1, -0.05) is 0 Å². The van der Waals surface area contributed by atoms with Crippen LogP contribution in [0.5, 0.6) is 0 Å². The predicted molar refractivity (Wildman–Crippen MR) is 60.6 cm³/mol. The number of rotatable bonds is 2. The minimum Gasteiger partial charge on any atom is -0.396 e. The molecule has 0 saturated carbocycles. The molecule has 2 aromatic carbocycles. The summed E-state index contributed by atoms with van der Waals surface area (Å²) in [7, 11) is 0. The van der Waals surface area contributed by atoms with Crippen LogP contribution in [0.2, 0.25) is 0 Å². The Kier molecular flexibility index (Phi) is 2.87. The quantitative estimate of drug-likeness (QED) is 0.640. The Morgan fingerprint density at radius 1 is 0.941 bits per heavy atom. The highest BCUT2D eigenvalue weighted by Crippen LogP contribution is 2.15. The molecule has 0 saturated heterocycles. The summed E-state index contributed by atoms with van der Waals surface area (Å²) in [6.07, 6.45) is 0. The number of ketones is 1. The number of benzene rings is 2. The topological polar surface area (TPSA) is 43.1 Å². The van der Waals surface area contributed by atoms with E-state index in [1.54, 1.807) is 0 Å². The van der Waals surface area contributed by atoms with Crippen LogP contribution in [0.4, 0.5) is 14.5 Å². The fraction of sp³-hybridized carbons (Fsp3) is 0. The van der Waals surface area contributed by atoms with Gasteiger partial charge in [-0.05, 0) is 42.5 Å². The molecule has 4 heteroatoms. The fourth-order valence-corrected chi connectivity index (χ4v) is 1.44. The molecule has 0 radical (unpaired) electrons. The first-order valence-corrected chi connectivity index (χ1v) is 4.93. The molecule has 0 aliphatic rings. The van der Waals surface area contributed by atoms with Crippen molar-refractivity contribution in [2.45, 2.75) is 0 Å². The Hall–Kier alpha value is -2.23. The van der Waals surface area contributed by atoms with Crippen molar-refractivity contribution in [2.24, 2.45) is 0 Å². The Morgan fingerprint density at radius 2 is 1.53 bits per heavy atom. The third-order valence-corrected chi connectivity index (χ3v) is 2.37. The zero-order chi connectivity index (χ0) is 12.4. The van der Waals surface area contributed by atoms with Crippen molar-refractivity contribution >= 4 is 11.5 Å². The first kappa shape index (κ1) is 11.3. The Morgan fingerprint density at radius 3 is 2.12 bits per heavy atom. The van der Waals surface area contributed by atoms with E-state index in [0.717, 1.165) is 6.07 Å². The number of nitrogen functional groups attached to an aromatic ring is 1. The zero-order valence-electron chi connectivity index (χ0n) is 8.78. The first-order valence-electron chi connectivity index (χ1n) is 4.93. The molecule has 0 aliphatic heterocycles. The minimum atomic E-state index is -0.641. The van der Waals surface area contributed by atoms with Crippen LogP contribution in [0.25, 0.3) is 0 Å². The van der Waals surface area contributed by atoms with Crippen LogP contribution in [0.15, 0.2) is 42.5 Å². The molecular weight excluding hydrogens is 224 g/mol. The van der Waals surface area contributed by atoms with E-state index in [9.17, 15) is 13.6 Å². The molecule has 0 atom stereocenters. The van der Waals surface area contributed by atoms with Gasteiger partial charge in [0.25, 0.3) is 0 Å². The van der Waals surface area contributed by atoms with Gasteiger partial charge in [0.2, 0.25) is 0 Å².